The summed E-state index contributed by atoms with van der Waals surface area (Å²) in [5.74, 6) is 0.575. The highest BCUT2D eigenvalue weighted by Gasteiger charge is 2.48. The van der Waals surface area contributed by atoms with Gasteiger partial charge in [0.05, 0.1) is 25.8 Å². The monoisotopic (exact) mass is 568 g/mol. The molecule has 1 aliphatic carbocycles. The van der Waals surface area contributed by atoms with Crippen molar-refractivity contribution in [2.75, 3.05) is 31.4 Å². The highest BCUT2D eigenvalue weighted by atomic mass is 32.1. The molecule has 8 heteroatoms. The number of rotatable bonds is 10. The molecule has 2 amide bonds. The minimum atomic E-state index is -0.946. The second-order valence-corrected chi connectivity index (χ2v) is 11.6. The number of amides is 2. The van der Waals surface area contributed by atoms with Crippen molar-refractivity contribution >= 4 is 34.5 Å². The second-order valence-electron chi connectivity index (χ2n) is 10.6. The van der Waals surface area contributed by atoms with Gasteiger partial charge in [0, 0.05) is 36.4 Å². The fourth-order valence-corrected chi connectivity index (χ4v) is 6.22. The second kappa shape index (κ2) is 12.6. The number of aromatic nitrogens is 1. The Morgan fingerprint density at radius 2 is 1.63 bits per heavy atom. The first-order valence-electron chi connectivity index (χ1n) is 13.9. The number of benzene rings is 3. The number of ether oxygens (including phenoxy) is 1. The number of thiazole rings is 1. The van der Waals surface area contributed by atoms with Crippen LogP contribution in [0.25, 0.3) is 11.3 Å². The lowest BCUT2D eigenvalue weighted by molar-refractivity contribution is -0.145. The molecule has 5 rings (SSSR count). The molecule has 1 fully saturated rings. The number of carbonyl (C=O) groups is 2. The first kappa shape index (κ1) is 28.4. The van der Waals surface area contributed by atoms with Crippen LogP contribution in [-0.2, 0) is 22.6 Å². The van der Waals surface area contributed by atoms with Gasteiger partial charge in [0.15, 0.2) is 0 Å². The van der Waals surface area contributed by atoms with Crippen molar-refractivity contribution in [3.8, 4) is 17.0 Å². The van der Waals surface area contributed by atoms with Crippen LogP contribution in [0.15, 0.2) is 84.2 Å². The fourth-order valence-electron chi connectivity index (χ4n) is 5.43. The molecule has 0 saturated heterocycles. The summed E-state index contributed by atoms with van der Waals surface area (Å²) in [4.78, 5) is 36.8. The summed E-state index contributed by atoms with van der Waals surface area (Å²) in [7, 11) is 5.61. The SMILES string of the molecule is COc1ccc(-c2csc(CN(C(=O)Cc3ccccc3)C3(C(=O)Nc4ccc(N(C)C)cc4)CCCC3)n2)cc1. The van der Waals surface area contributed by atoms with E-state index < -0.39 is 5.54 Å². The van der Waals surface area contributed by atoms with Crippen LogP contribution in [0, 0.1) is 0 Å². The van der Waals surface area contributed by atoms with Crippen LogP contribution < -0.4 is 15.0 Å². The summed E-state index contributed by atoms with van der Waals surface area (Å²) < 4.78 is 5.29. The predicted octanol–water partition coefficient (Wildman–Crippen LogP) is 6.41. The molecule has 0 bridgehead atoms. The molecular weight excluding hydrogens is 532 g/mol. The standard InChI is InChI=1S/C33H36N4O3S/c1-36(2)27-15-13-26(14-16-27)34-32(39)33(19-7-8-20-33)37(31(38)21-24-9-5-4-6-10-24)22-30-35-29(23-41-30)25-11-17-28(40-3)18-12-25/h4-6,9-18,23H,7-8,19-22H2,1-3H3,(H,34,39). The Balaban J connectivity index is 1.44. The number of nitrogens with zero attached hydrogens (tertiary/aromatic N) is 3. The van der Waals surface area contributed by atoms with Crippen molar-refractivity contribution in [3.05, 3.63) is 94.8 Å². The summed E-state index contributed by atoms with van der Waals surface area (Å²) >= 11 is 1.51. The van der Waals surface area contributed by atoms with E-state index >= 15 is 0 Å². The third-order valence-corrected chi connectivity index (χ3v) is 8.58. The van der Waals surface area contributed by atoms with Gasteiger partial charge in [0.2, 0.25) is 11.8 Å². The van der Waals surface area contributed by atoms with E-state index in [1.807, 2.05) is 103 Å². The molecule has 0 unspecified atom stereocenters. The molecule has 1 aliphatic rings. The van der Waals surface area contributed by atoms with Gasteiger partial charge < -0.3 is 19.9 Å². The van der Waals surface area contributed by atoms with Crippen molar-refractivity contribution in [2.24, 2.45) is 0 Å². The van der Waals surface area contributed by atoms with Gasteiger partial charge in [-0.1, -0.05) is 43.2 Å². The van der Waals surface area contributed by atoms with Crippen molar-refractivity contribution in [1.29, 1.82) is 0 Å². The molecule has 1 saturated carbocycles. The van der Waals surface area contributed by atoms with E-state index in [1.54, 1.807) is 12.0 Å². The maximum atomic E-state index is 14.1. The number of nitrogens with one attached hydrogen (secondary N) is 1. The molecule has 3 aromatic carbocycles. The molecule has 1 heterocycles. The number of hydrogen-bond donors (Lipinski definition) is 1. The molecule has 4 aromatic rings. The highest BCUT2D eigenvalue weighted by Crippen LogP contribution is 2.39. The molecular formula is C33H36N4O3S. The molecule has 0 radical (unpaired) electrons. The summed E-state index contributed by atoms with van der Waals surface area (Å²) in [6, 6.07) is 25.3. The van der Waals surface area contributed by atoms with Gasteiger partial charge in [-0.25, -0.2) is 4.98 Å². The van der Waals surface area contributed by atoms with Gasteiger partial charge in [0.25, 0.3) is 0 Å². The maximum Gasteiger partial charge on any atom is 0.250 e. The molecule has 7 nitrogen and oxygen atoms in total. The van der Waals surface area contributed by atoms with E-state index in [4.69, 9.17) is 9.72 Å². The van der Waals surface area contributed by atoms with Crippen LogP contribution in [0.4, 0.5) is 11.4 Å². The number of hydrogen-bond acceptors (Lipinski definition) is 6. The zero-order valence-corrected chi connectivity index (χ0v) is 24.6. The van der Waals surface area contributed by atoms with Crippen molar-refractivity contribution < 1.29 is 14.3 Å². The topological polar surface area (TPSA) is 74.8 Å². The average Bonchev–Trinajstić information content (AvgIpc) is 3.68. The number of anilines is 2. The van der Waals surface area contributed by atoms with Crippen LogP contribution in [0.2, 0.25) is 0 Å². The summed E-state index contributed by atoms with van der Waals surface area (Å²) in [5, 5.41) is 5.94. The van der Waals surface area contributed by atoms with Crippen molar-refractivity contribution in [3.63, 3.8) is 0 Å². The quantitative estimate of drug-likeness (QED) is 0.239. The van der Waals surface area contributed by atoms with Crippen molar-refractivity contribution in [1.82, 2.24) is 9.88 Å². The van der Waals surface area contributed by atoms with Crippen molar-refractivity contribution in [2.45, 2.75) is 44.2 Å². The molecule has 41 heavy (non-hydrogen) atoms. The maximum absolute atomic E-state index is 14.1. The van der Waals surface area contributed by atoms with E-state index in [0.29, 0.717) is 12.8 Å². The largest absolute Gasteiger partial charge is 0.497 e. The van der Waals surface area contributed by atoms with Crippen LogP contribution in [0.1, 0.15) is 36.3 Å². The summed E-state index contributed by atoms with van der Waals surface area (Å²) in [6.45, 7) is 0.277. The van der Waals surface area contributed by atoms with Crippen LogP contribution in [0.3, 0.4) is 0 Å². The molecule has 0 spiro atoms. The zero-order valence-electron chi connectivity index (χ0n) is 23.8. The normalized spacial score (nSPS) is 13.9. The van der Waals surface area contributed by atoms with Gasteiger partial charge in [-0.3, -0.25) is 9.59 Å². The molecule has 1 aromatic heterocycles. The Bertz CT molecular complexity index is 1460. The Kier molecular flexibility index (Phi) is 8.69. The lowest BCUT2D eigenvalue weighted by atomic mass is 9.92. The Morgan fingerprint density at radius 3 is 2.27 bits per heavy atom. The van der Waals surface area contributed by atoms with E-state index in [1.165, 1.54) is 11.3 Å². The lowest BCUT2D eigenvalue weighted by Gasteiger charge is -2.40. The Labute approximate surface area is 245 Å². The van der Waals surface area contributed by atoms with Gasteiger partial charge >= 0.3 is 0 Å². The van der Waals surface area contributed by atoms with Crippen LogP contribution >= 0.6 is 11.3 Å². The summed E-state index contributed by atoms with van der Waals surface area (Å²) in [6.07, 6.45) is 3.23. The van der Waals surface area contributed by atoms with Crippen LogP contribution in [-0.4, -0.2) is 48.4 Å². The first-order valence-corrected chi connectivity index (χ1v) is 14.8. The zero-order chi connectivity index (χ0) is 28.8. The predicted molar refractivity (Wildman–Crippen MR) is 165 cm³/mol. The lowest BCUT2D eigenvalue weighted by Crippen LogP contribution is -2.57. The third-order valence-electron chi connectivity index (χ3n) is 7.74. The minimum absolute atomic E-state index is 0.0718. The van der Waals surface area contributed by atoms with E-state index in [9.17, 15) is 9.59 Å². The van der Waals surface area contributed by atoms with Gasteiger partial charge in [-0.05, 0) is 66.9 Å². The average molecular weight is 569 g/mol. The number of methoxy groups -OCH3 is 1. The first-order chi connectivity index (χ1) is 19.9. The van der Waals surface area contributed by atoms with E-state index in [-0.39, 0.29) is 24.8 Å². The molecule has 1 N–H and O–H groups in total. The van der Waals surface area contributed by atoms with Gasteiger partial charge in [0.1, 0.15) is 16.3 Å². The third kappa shape index (κ3) is 6.43. The van der Waals surface area contributed by atoms with E-state index in [2.05, 4.69) is 5.32 Å². The molecule has 0 aliphatic heterocycles. The van der Waals surface area contributed by atoms with Gasteiger partial charge in [-0.2, -0.15) is 0 Å². The fraction of sp³-hybridized carbons (Fsp3) is 0.303. The molecule has 0 atom stereocenters. The Morgan fingerprint density at radius 1 is 0.951 bits per heavy atom. The summed E-state index contributed by atoms with van der Waals surface area (Å²) in [5.41, 5.74) is 3.57. The smallest absolute Gasteiger partial charge is 0.250 e. The van der Waals surface area contributed by atoms with Gasteiger partial charge in [-0.15, -0.1) is 11.3 Å². The number of carbonyl (C=O) groups excluding carboxylic acids is 2. The Hall–Kier alpha value is -4.17. The van der Waals surface area contributed by atoms with E-state index in [0.717, 1.165) is 51.8 Å². The van der Waals surface area contributed by atoms with Crippen LogP contribution in [0.5, 0.6) is 5.75 Å². The highest BCUT2D eigenvalue weighted by molar-refractivity contribution is 7.09. The molecule has 212 valence electrons. The minimum Gasteiger partial charge on any atom is -0.497 e.